The molecular weight excluding hydrogens is 432 g/mol. The van der Waals surface area contributed by atoms with Gasteiger partial charge in [0.2, 0.25) is 0 Å². The highest BCUT2D eigenvalue weighted by Gasteiger charge is 2.35. The Bertz CT molecular complexity index is 1230. The highest BCUT2D eigenvalue weighted by Crippen LogP contribution is 2.44. The fourth-order valence-corrected chi connectivity index (χ4v) is 4.94. The number of nitrogens with one attached hydrogen (secondary N) is 1. The maximum atomic E-state index is 13.1. The lowest BCUT2D eigenvalue weighted by Crippen LogP contribution is -2.40. The number of carbonyl (C=O) groups excluding carboxylic acids is 2. The van der Waals surface area contributed by atoms with Gasteiger partial charge in [0.05, 0.1) is 11.3 Å². The Hall–Kier alpha value is -4.13. The highest BCUT2D eigenvalue weighted by atomic mass is 16.5. The molecular formula is C27H24N2O5. The van der Waals surface area contributed by atoms with Crippen LogP contribution < -0.4 is 5.32 Å². The van der Waals surface area contributed by atoms with Gasteiger partial charge in [0.25, 0.3) is 5.91 Å². The first-order chi connectivity index (χ1) is 16.5. The maximum Gasteiger partial charge on any atom is 0.411 e. The van der Waals surface area contributed by atoms with Crippen LogP contribution in [0.3, 0.4) is 0 Å². The summed E-state index contributed by atoms with van der Waals surface area (Å²) < 4.78 is 5.59. The van der Waals surface area contributed by atoms with Crippen LogP contribution in [0.5, 0.6) is 0 Å². The molecule has 1 fully saturated rings. The van der Waals surface area contributed by atoms with E-state index in [1.54, 1.807) is 24.3 Å². The predicted molar refractivity (Wildman–Crippen MR) is 127 cm³/mol. The topological polar surface area (TPSA) is 95.9 Å². The summed E-state index contributed by atoms with van der Waals surface area (Å²) in [6, 6.07) is 21.9. The van der Waals surface area contributed by atoms with Crippen molar-refractivity contribution in [3.8, 4) is 11.1 Å². The number of carboxylic acid groups (broad SMARTS) is 1. The normalized spacial score (nSPS) is 16.6. The molecule has 5 rings (SSSR count). The second-order valence-electron chi connectivity index (χ2n) is 8.49. The number of para-hydroxylation sites is 1. The molecule has 0 bridgehead atoms. The number of ether oxygens (including phenoxy) is 1. The number of rotatable bonds is 5. The Morgan fingerprint density at radius 1 is 0.912 bits per heavy atom. The van der Waals surface area contributed by atoms with Crippen LogP contribution in [-0.4, -0.2) is 47.2 Å². The summed E-state index contributed by atoms with van der Waals surface area (Å²) in [6.45, 7) is 0.526. The summed E-state index contributed by atoms with van der Waals surface area (Å²) in [5.74, 6) is -1.51. The largest absolute Gasteiger partial charge is 0.480 e. The Labute approximate surface area is 197 Å². The number of anilines is 1. The molecule has 1 heterocycles. The summed E-state index contributed by atoms with van der Waals surface area (Å²) >= 11 is 0. The van der Waals surface area contributed by atoms with Crippen LogP contribution in [0.4, 0.5) is 10.5 Å². The third-order valence-electron chi connectivity index (χ3n) is 6.54. The molecule has 3 aromatic carbocycles. The van der Waals surface area contributed by atoms with Crippen molar-refractivity contribution in [2.75, 3.05) is 18.5 Å². The predicted octanol–water partition coefficient (Wildman–Crippen LogP) is 4.74. The van der Waals surface area contributed by atoms with E-state index in [-0.39, 0.29) is 18.1 Å². The number of carboxylic acids is 1. The molecule has 34 heavy (non-hydrogen) atoms. The first kappa shape index (κ1) is 21.7. The SMILES string of the molecule is O=C(Nc1ccccc1C(=O)N1CCCC1C(=O)O)OCC1c2ccccc2-c2ccccc21. The lowest BCUT2D eigenvalue weighted by Gasteiger charge is -2.23. The molecule has 1 aliphatic carbocycles. The van der Waals surface area contributed by atoms with Gasteiger partial charge >= 0.3 is 12.1 Å². The molecule has 3 aromatic rings. The van der Waals surface area contributed by atoms with E-state index < -0.39 is 24.0 Å². The Morgan fingerprint density at radius 3 is 2.21 bits per heavy atom. The maximum absolute atomic E-state index is 13.1. The van der Waals surface area contributed by atoms with Crippen LogP contribution in [0, 0.1) is 0 Å². The number of amides is 2. The van der Waals surface area contributed by atoms with Crippen molar-refractivity contribution in [3.05, 3.63) is 89.5 Å². The zero-order valence-electron chi connectivity index (χ0n) is 18.4. The molecule has 7 heteroatoms. The molecule has 1 unspecified atom stereocenters. The fraction of sp³-hybridized carbons (Fsp3) is 0.222. The number of likely N-dealkylation sites (tertiary alicyclic amines) is 1. The van der Waals surface area contributed by atoms with Gasteiger partial charge in [0.1, 0.15) is 12.6 Å². The van der Waals surface area contributed by atoms with Crippen molar-refractivity contribution in [1.82, 2.24) is 4.90 Å². The minimum atomic E-state index is -1.02. The lowest BCUT2D eigenvalue weighted by molar-refractivity contribution is -0.141. The van der Waals surface area contributed by atoms with E-state index >= 15 is 0 Å². The Kier molecular flexibility index (Phi) is 5.76. The first-order valence-corrected chi connectivity index (χ1v) is 11.3. The molecule has 2 N–H and O–H groups in total. The summed E-state index contributed by atoms with van der Waals surface area (Å²) in [5, 5.41) is 12.1. The molecule has 1 saturated heterocycles. The fourth-order valence-electron chi connectivity index (χ4n) is 4.94. The molecule has 2 aliphatic rings. The van der Waals surface area contributed by atoms with Gasteiger partial charge in [-0.2, -0.15) is 0 Å². The van der Waals surface area contributed by atoms with Crippen molar-refractivity contribution in [1.29, 1.82) is 0 Å². The quantitative estimate of drug-likeness (QED) is 0.578. The van der Waals surface area contributed by atoms with Crippen molar-refractivity contribution in [3.63, 3.8) is 0 Å². The van der Waals surface area contributed by atoms with Crippen LogP contribution in [0.2, 0.25) is 0 Å². The summed E-state index contributed by atoms with van der Waals surface area (Å²) in [5.41, 5.74) is 5.04. The first-order valence-electron chi connectivity index (χ1n) is 11.3. The van der Waals surface area contributed by atoms with Crippen LogP contribution in [0.15, 0.2) is 72.8 Å². The minimum Gasteiger partial charge on any atom is -0.480 e. The van der Waals surface area contributed by atoms with Gasteiger partial charge in [-0.05, 0) is 47.2 Å². The van der Waals surface area contributed by atoms with Gasteiger partial charge < -0.3 is 14.7 Å². The van der Waals surface area contributed by atoms with Gasteiger partial charge in [-0.25, -0.2) is 9.59 Å². The van der Waals surface area contributed by atoms with Gasteiger partial charge in [-0.15, -0.1) is 0 Å². The molecule has 0 radical (unpaired) electrons. The third kappa shape index (κ3) is 3.90. The average molecular weight is 456 g/mol. The van der Waals surface area contributed by atoms with Gasteiger partial charge in [-0.3, -0.25) is 10.1 Å². The number of benzene rings is 3. The van der Waals surface area contributed by atoms with E-state index in [0.717, 1.165) is 22.3 Å². The number of fused-ring (bicyclic) bond motifs is 3. The van der Waals surface area contributed by atoms with Crippen LogP contribution in [0.1, 0.15) is 40.2 Å². The molecule has 1 atom stereocenters. The Morgan fingerprint density at radius 2 is 1.53 bits per heavy atom. The van der Waals surface area contributed by atoms with Crippen LogP contribution in [-0.2, 0) is 9.53 Å². The highest BCUT2D eigenvalue weighted by molar-refractivity contribution is 6.04. The second-order valence-corrected chi connectivity index (χ2v) is 8.49. The monoisotopic (exact) mass is 456 g/mol. The van der Waals surface area contributed by atoms with Crippen molar-refractivity contribution >= 4 is 23.7 Å². The minimum absolute atomic E-state index is 0.0732. The zero-order chi connectivity index (χ0) is 23.7. The van der Waals surface area contributed by atoms with Crippen LogP contribution >= 0.6 is 0 Å². The summed E-state index contributed by atoms with van der Waals surface area (Å²) in [4.78, 5) is 38.6. The molecule has 0 spiro atoms. The summed E-state index contributed by atoms with van der Waals surface area (Å²) in [7, 11) is 0. The Balaban J connectivity index is 1.30. The smallest absolute Gasteiger partial charge is 0.411 e. The third-order valence-corrected chi connectivity index (χ3v) is 6.54. The molecule has 0 aromatic heterocycles. The average Bonchev–Trinajstić information content (AvgIpc) is 3.46. The standard InChI is InChI=1S/C27H24N2O5/c30-25(29-15-7-14-24(29)26(31)32)21-12-5-6-13-23(21)28-27(33)34-16-22-19-10-3-1-8-17(19)18-9-2-4-11-20(18)22/h1-6,8-13,22,24H,7,14-16H2,(H,28,33)(H,31,32). The lowest BCUT2D eigenvalue weighted by atomic mass is 9.98. The molecule has 7 nitrogen and oxygen atoms in total. The summed E-state index contributed by atoms with van der Waals surface area (Å²) in [6.07, 6.45) is 0.381. The van der Waals surface area contributed by atoms with Gasteiger partial charge in [0.15, 0.2) is 0 Å². The molecule has 2 amide bonds. The molecule has 0 saturated carbocycles. The van der Waals surface area contributed by atoms with Gasteiger partial charge in [0, 0.05) is 12.5 Å². The zero-order valence-corrected chi connectivity index (χ0v) is 18.4. The van der Waals surface area contributed by atoms with Crippen molar-refractivity contribution in [2.24, 2.45) is 0 Å². The van der Waals surface area contributed by atoms with E-state index in [4.69, 9.17) is 4.74 Å². The second kappa shape index (κ2) is 9.02. The van der Waals surface area contributed by atoms with Crippen LogP contribution in [0.25, 0.3) is 11.1 Å². The molecule has 1 aliphatic heterocycles. The number of nitrogens with zero attached hydrogens (tertiary/aromatic N) is 1. The van der Waals surface area contributed by atoms with E-state index in [1.807, 2.05) is 36.4 Å². The van der Waals surface area contributed by atoms with E-state index in [0.29, 0.717) is 25.1 Å². The van der Waals surface area contributed by atoms with E-state index in [9.17, 15) is 19.5 Å². The van der Waals surface area contributed by atoms with E-state index in [2.05, 4.69) is 17.4 Å². The van der Waals surface area contributed by atoms with Crippen molar-refractivity contribution in [2.45, 2.75) is 24.8 Å². The number of hydrogen-bond donors (Lipinski definition) is 2. The number of hydrogen-bond acceptors (Lipinski definition) is 4. The van der Waals surface area contributed by atoms with Gasteiger partial charge in [-0.1, -0.05) is 60.7 Å². The number of aliphatic carboxylic acids is 1. The van der Waals surface area contributed by atoms with E-state index in [1.165, 1.54) is 4.90 Å². The number of carbonyl (C=O) groups is 3. The molecule has 172 valence electrons. The van der Waals surface area contributed by atoms with Crippen molar-refractivity contribution < 1.29 is 24.2 Å².